The quantitative estimate of drug-likeness (QED) is 0.752. The number of rotatable bonds is 5. The van der Waals surface area contributed by atoms with Crippen LogP contribution in [-0.2, 0) is 11.4 Å². The monoisotopic (exact) mass is 321 g/mol. The first-order chi connectivity index (χ1) is 11.7. The Labute approximate surface area is 140 Å². The molecule has 1 amide bonds. The van der Waals surface area contributed by atoms with E-state index in [-0.39, 0.29) is 12.5 Å². The highest BCUT2D eigenvalue weighted by molar-refractivity contribution is 5.96. The van der Waals surface area contributed by atoms with Crippen molar-refractivity contribution in [3.63, 3.8) is 0 Å². The van der Waals surface area contributed by atoms with Crippen LogP contribution in [0.25, 0.3) is 10.8 Å². The topological polar surface area (TPSA) is 58.6 Å². The SMILES string of the molecule is CC(Oc1cccc(CO)c1)C(=O)Nc1ccc2ccccc2c1. The predicted molar refractivity (Wildman–Crippen MR) is 95.0 cm³/mol. The summed E-state index contributed by atoms with van der Waals surface area (Å²) in [6.07, 6.45) is -0.648. The number of hydrogen-bond acceptors (Lipinski definition) is 3. The Morgan fingerprint density at radius 3 is 2.62 bits per heavy atom. The van der Waals surface area contributed by atoms with Gasteiger partial charge in [0.25, 0.3) is 5.91 Å². The molecule has 0 spiro atoms. The van der Waals surface area contributed by atoms with Gasteiger partial charge in [0.2, 0.25) is 0 Å². The second-order valence-corrected chi connectivity index (χ2v) is 5.62. The summed E-state index contributed by atoms with van der Waals surface area (Å²) in [5, 5.41) is 14.2. The number of carbonyl (C=O) groups is 1. The third-order valence-electron chi connectivity index (χ3n) is 3.78. The fourth-order valence-electron chi connectivity index (χ4n) is 2.49. The van der Waals surface area contributed by atoms with E-state index >= 15 is 0 Å². The first kappa shape index (κ1) is 16.0. The minimum absolute atomic E-state index is 0.0606. The van der Waals surface area contributed by atoms with E-state index in [0.717, 1.165) is 22.0 Å². The predicted octanol–water partition coefficient (Wildman–Crippen LogP) is 3.74. The van der Waals surface area contributed by atoms with Gasteiger partial charge in [-0.05, 0) is 47.5 Å². The molecule has 3 aromatic carbocycles. The molecule has 0 saturated heterocycles. The van der Waals surface area contributed by atoms with Gasteiger partial charge in [0.15, 0.2) is 6.10 Å². The second kappa shape index (κ2) is 7.15. The number of fused-ring (bicyclic) bond motifs is 1. The van der Waals surface area contributed by atoms with Crippen LogP contribution in [0.1, 0.15) is 12.5 Å². The summed E-state index contributed by atoms with van der Waals surface area (Å²) >= 11 is 0. The van der Waals surface area contributed by atoms with Gasteiger partial charge < -0.3 is 15.2 Å². The molecule has 0 saturated carbocycles. The van der Waals surface area contributed by atoms with E-state index in [0.29, 0.717) is 5.75 Å². The van der Waals surface area contributed by atoms with Crippen molar-refractivity contribution >= 4 is 22.4 Å². The highest BCUT2D eigenvalue weighted by atomic mass is 16.5. The zero-order chi connectivity index (χ0) is 16.9. The molecule has 1 unspecified atom stereocenters. The van der Waals surface area contributed by atoms with Crippen LogP contribution in [0.4, 0.5) is 5.69 Å². The van der Waals surface area contributed by atoms with Gasteiger partial charge in [0.1, 0.15) is 5.75 Å². The van der Waals surface area contributed by atoms with Gasteiger partial charge >= 0.3 is 0 Å². The third kappa shape index (κ3) is 3.73. The molecule has 24 heavy (non-hydrogen) atoms. The number of ether oxygens (including phenoxy) is 1. The van der Waals surface area contributed by atoms with Crippen molar-refractivity contribution in [2.24, 2.45) is 0 Å². The van der Waals surface area contributed by atoms with Crippen LogP contribution in [-0.4, -0.2) is 17.1 Å². The van der Waals surface area contributed by atoms with Crippen molar-refractivity contribution in [2.75, 3.05) is 5.32 Å². The van der Waals surface area contributed by atoms with E-state index in [1.54, 1.807) is 31.2 Å². The van der Waals surface area contributed by atoms with Gasteiger partial charge in [-0.3, -0.25) is 4.79 Å². The van der Waals surface area contributed by atoms with Gasteiger partial charge in [-0.15, -0.1) is 0 Å². The zero-order valence-electron chi connectivity index (χ0n) is 13.4. The number of anilines is 1. The lowest BCUT2D eigenvalue weighted by atomic mass is 10.1. The summed E-state index contributed by atoms with van der Waals surface area (Å²) in [7, 11) is 0. The maximum atomic E-state index is 12.3. The van der Waals surface area contributed by atoms with Crippen molar-refractivity contribution in [2.45, 2.75) is 19.6 Å². The lowest BCUT2D eigenvalue weighted by molar-refractivity contribution is -0.122. The summed E-state index contributed by atoms with van der Waals surface area (Å²) < 4.78 is 5.66. The molecule has 1 atom stereocenters. The normalized spacial score (nSPS) is 11.9. The van der Waals surface area contributed by atoms with Crippen LogP contribution in [0, 0.1) is 0 Å². The van der Waals surface area contributed by atoms with Crippen LogP contribution in [0.3, 0.4) is 0 Å². The highest BCUT2D eigenvalue weighted by Gasteiger charge is 2.15. The minimum Gasteiger partial charge on any atom is -0.481 e. The number of aliphatic hydroxyl groups is 1. The van der Waals surface area contributed by atoms with Crippen LogP contribution in [0.2, 0.25) is 0 Å². The molecule has 122 valence electrons. The molecule has 0 aromatic heterocycles. The fourth-order valence-corrected chi connectivity index (χ4v) is 2.49. The van der Waals surface area contributed by atoms with E-state index in [1.807, 2.05) is 42.5 Å². The summed E-state index contributed by atoms with van der Waals surface area (Å²) in [4.78, 5) is 12.3. The molecule has 0 fully saturated rings. The zero-order valence-corrected chi connectivity index (χ0v) is 13.4. The van der Waals surface area contributed by atoms with Crippen LogP contribution in [0.5, 0.6) is 5.75 Å². The van der Waals surface area contributed by atoms with E-state index in [9.17, 15) is 4.79 Å². The lowest BCUT2D eigenvalue weighted by Gasteiger charge is -2.15. The second-order valence-electron chi connectivity index (χ2n) is 5.62. The number of benzene rings is 3. The van der Waals surface area contributed by atoms with E-state index in [4.69, 9.17) is 9.84 Å². The van der Waals surface area contributed by atoms with Crippen LogP contribution in [0.15, 0.2) is 66.7 Å². The Hall–Kier alpha value is -2.85. The summed E-state index contributed by atoms with van der Waals surface area (Å²) in [5.41, 5.74) is 1.48. The molecule has 0 bridgehead atoms. The Morgan fingerprint density at radius 1 is 1.04 bits per heavy atom. The largest absolute Gasteiger partial charge is 0.481 e. The Morgan fingerprint density at radius 2 is 1.83 bits per heavy atom. The number of nitrogens with one attached hydrogen (secondary N) is 1. The molecule has 0 aliphatic carbocycles. The maximum Gasteiger partial charge on any atom is 0.265 e. The molecule has 2 N–H and O–H groups in total. The van der Waals surface area contributed by atoms with Crippen molar-refractivity contribution in [1.82, 2.24) is 0 Å². The number of hydrogen-bond donors (Lipinski definition) is 2. The van der Waals surface area contributed by atoms with Crippen molar-refractivity contribution in [1.29, 1.82) is 0 Å². The molecular formula is C20H19NO3. The molecule has 0 heterocycles. The van der Waals surface area contributed by atoms with E-state index in [1.165, 1.54) is 0 Å². The standard InChI is InChI=1S/C20H19NO3/c1-14(24-19-8-4-5-15(11-19)13-22)20(23)21-18-10-9-16-6-2-3-7-17(16)12-18/h2-12,14,22H,13H2,1H3,(H,21,23). The lowest BCUT2D eigenvalue weighted by Crippen LogP contribution is -2.30. The summed E-state index contributed by atoms with van der Waals surface area (Å²) in [6.45, 7) is 1.64. The van der Waals surface area contributed by atoms with Crippen molar-refractivity contribution < 1.29 is 14.6 Å². The number of amides is 1. The molecular weight excluding hydrogens is 302 g/mol. The molecule has 0 radical (unpaired) electrons. The van der Waals surface area contributed by atoms with Crippen molar-refractivity contribution in [3.8, 4) is 5.75 Å². The van der Waals surface area contributed by atoms with Crippen LogP contribution >= 0.6 is 0 Å². The molecule has 4 heteroatoms. The Kier molecular flexibility index (Phi) is 4.77. The van der Waals surface area contributed by atoms with Gasteiger partial charge in [0, 0.05) is 5.69 Å². The summed E-state index contributed by atoms with van der Waals surface area (Å²) in [5.74, 6) is 0.336. The van der Waals surface area contributed by atoms with Crippen LogP contribution < -0.4 is 10.1 Å². The average molecular weight is 321 g/mol. The highest BCUT2D eigenvalue weighted by Crippen LogP contribution is 2.20. The van der Waals surface area contributed by atoms with E-state index < -0.39 is 6.10 Å². The molecule has 0 aliphatic rings. The van der Waals surface area contributed by atoms with Gasteiger partial charge in [-0.1, -0.05) is 42.5 Å². The van der Waals surface area contributed by atoms with Crippen molar-refractivity contribution in [3.05, 3.63) is 72.3 Å². The molecule has 0 aliphatic heterocycles. The first-order valence-corrected chi connectivity index (χ1v) is 7.82. The number of carbonyl (C=O) groups excluding carboxylic acids is 1. The first-order valence-electron chi connectivity index (χ1n) is 7.82. The molecule has 3 rings (SSSR count). The Bertz CT molecular complexity index is 860. The van der Waals surface area contributed by atoms with Gasteiger partial charge in [-0.2, -0.15) is 0 Å². The molecule has 4 nitrogen and oxygen atoms in total. The maximum absolute atomic E-state index is 12.3. The average Bonchev–Trinajstić information content (AvgIpc) is 2.61. The minimum atomic E-state index is -0.648. The number of aliphatic hydroxyl groups excluding tert-OH is 1. The molecule has 3 aromatic rings. The van der Waals surface area contributed by atoms with E-state index in [2.05, 4.69) is 5.32 Å². The van der Waals surface area contributed by atoms with Gasteiger partial charge in [0.05, 0.1) is 6.61 Å². The fraction of sp³-hybridized carbons (Fsp3) is 0.150. The van der Waals surface area contributed by atoms with Gasteiger partial charge in [-0.25, -0.2) is 0 Å². The summed E-state index contributed by atoms with van der Waals surface area (Å²) in [6, 6.07) is 20.8. The smallest absolute Gasteiger partial charge is 0.265 e. The Balaban J connectivity index is 1.68. The third-order valence-corrected chi connectivity index (χ3v) is 3.78.